The Bertz CT molecular complexity index is 1070. The van der Waals surface area contributed by atoms with Crippen LogP contribution < -0.4 is 10.1 Å². The van der Waals surface area contributed by atoms with Crippen LogP contribution in [0.4, 0.5) is 0 Å². The summed E-state index contributed by atoms with van der Waals surface area (Å²) in [7, 11) is 1.59. The van der Waals surface area contributed by atoms with E-state index in [1.165, 1.54) is 0 Å². The number of hydrogen-bond donors (Lipinski definition) is 1. The highest BCUT2D eigenvalue weighted by Crippen LogP contribution is 2.27. The van der Waals surface area contributed by atoms with Gasteiger partial charge in [0.1, 0.15) is 5.75 Å². The first-order valence-electron chi connectivity index (χ1n) is 9.60. The fourth-order valence-electron chi connectivity index (χ4n) is 3.32. The molecule has 4 rings (SSSR count). The van der Waals surface area contributed by atoms with Crippen LogP contribution in [-0.4, -0.2) is 23.2 Å². The summed E-state index contributed by atoms with van der Waals surface area (Å²) in [4.78, 5) is 17.5. The number of aromatic nitrogens is 2. The van der Waals surface area contributed by atoms with Crippen LogP contribution in [0.25, 0.3) is 11.4 Å². The monoisotopic (exact) mass is 399 g/mol. The lowest BCUT2D eigenvalue weighted by molar-refractivity contribution is -0.122. The van der Waals surface area contributed by atoms with Gasteiger partial charge in [0.2, 0.25) is 17.6 Å². The highest BCUT2D eigenvalue weighted by Gasteiger charge is 2.23. The van der Waals surface area contributed by atoms with Gasteiger partial charge in [-0.3, -0.25) is 4.79 Å². The molecule has 1 N–H and O–H groups in total. The third kappa shape index (κ3) is 4.22. The number of carbonyl (C=O) groups excluding carboxylic acids is 1. The van der Waals surface area contributed by atoms with Gasteiger partial charge in [0.15, 0.2) is 0 Å². The van der Waals surface area contributed by atoms with Crippen LogP contribution >= 0.6 is 0 Å². The molecule has 0 unspecified atom stereocenters. The predicted octanol–water partition coefficient (Wildman–Crippen LogP) is 4.19. The molecule has 0 aliphatic carbocycles. The Morgan fingerprint density at radius 2 is 1.53 bits per heavy atom. The molecule has 0 aliphatic heterocycles. The Morgan fingerprint density at radius 3 is 2.17 bits per heavy atom. The van der Waals surface area contributed by atoms with Crippen molar-refractivity contribution < 1.29 is 14.1 Å². The smallest absolute Gasteiger partial charge is 0.246 e. The van der Waals surface area contributed by atoms with Gasteiger partial charge in [-0.05, 0) is 23.3 Å². The SMILES string of the molecule is COc1ccccc1-c1noc(CNC(=O)C(c2ccccc2)c2ccccc2)n1. The average Bonchev–Trinajstić information content (AvgIpc) is 3.28. The summed E-state index contributed by atoms with van der Waals surface area (Å²) in [6.45, 7) is 0.136. The molecule has 6 nitrogen and oxygen atoms in total. The number of para-hydroxylation sites is 1. The molecule has 3 aromatic carbocycles. The Hall–Kier alpha value is -3.93. The summed E-state index contributed by atoms with van der Waals surface area (Å²) in [5, 5.41) is 6.94. The van der Waals surface area contributed by atoms with Crippen LogP contribution in [-0.2, 0) is 11.3 Å². The second-order valence-electron chi connectivity index (χ2n) is 6.68. The second-order valence-corrected chi connectivity index (χ2v) is 6.68. The van der Waals surface area contributed by atoms with Gasteiger partial charge in [-0.15, -0.1) is 0 Å². The fourth-order valence-corrected chi connectivity index (χ4v) is 3.32. The minimum absolute atomic E-state index is 0.135. The van der Waals surface area contributed by atoms with Crippen molar-refractivity contribution in [2.75, 3.05) is 7.11 Å². The molecule has 0 saturated carbocycles. The molecule has 0 fully saturated rings. The van der Waals surface area contributed by atoms with Crippen LogP contribution in [0, 0.1) is 0 Å². The first kappa shape index (κ1) is 19.4. The van der Waals surface area contributed by atoms with Crippen LogP contribution in [0.2, 0.25) is 0 Å². The minimum atomic E-state index is -0.427. The molecule has 6 heteroatoms. The lowest BCUT2D eigenvalue weighted by Gasteiger charge is -2.17. The number of benzene rings is 3. The fraction of sp³-hybridized carbons (Fsp3) is 0.125. The Kier molecular flexibility index (Phi) is 5.85. The van der Waals surface area contributed by atoms with Gasteiger partial charge in [-0.2, -0.15) is 4.98 Å². The first-order chi connectivity index (χ1) is 14.8. The highest BCUT2D eigenvalue weighted by atomic mass is 16.5. The van der Waals surface area contributed by atoms with Gasteiger partial charge in [0.25, 0.3) is 0 Å². The number of ether oxygens (including phenoxy) is 1. The summed E-state index contributed by atoms with van der Waals surface area (Å²) >= 11 is 0. The maximum Gasteiger partial charge on any atom is 0.246 e. The van der Waals surface area contributed by atoms with E-state index in [1.807, 2.05) is 84.9 Å². The summed E-state index contributed by atoms with van der Waals surface area (Å²) in [6.07, 6.45) is 0. The van der Waals surface area contributed by atoms with Crippen molar-refractivity contribution in [1.82, 2.24) is 15.5 Å². The zero-order valence-corrected chi connectivity index (χ0v) is 16.5. The maximum atomic E-state index is 13.1. The molecular formula is C24H21N3O3. The molecular weight excluding hydrogens is 378 g/mol. The Labute approximate surface area is 174 Å². The van der Waals surface area contributed by atoms with Crippen LogP contribution in [0.15, 0.2) is 89.5 Å². The molecule has 150 valence electrons. The van der Waals surface area contributed by atoms with E-state index >= 15 is 0 Å². The van der Waals surface area contributed by atoms with E-state index in [1.54, 1.807) is 7.11 Å². The van der Waals surface area contributed by atoms with E-state index in [4.69, 9.17) is 9.26 Å². The summed E-state index contributed by atoms with van der Waals surface area (Å²) in [6, 6.07) is 26.8. The van der Waals surface area contributed by atoms with Gasteiger partial charge >= 0.3 is 0 Å². The van der Waals surface area contributed by atoms with Crippen molar-refractivity contribution in [3.63, 3.8) is 0 Å². The average molecular weight is 399 g/mol. The first-order valence-corrected chi connectivity index (χ1v) is 9.60. The summed E-state index contributed by atoms with van der Waals surface area (Å²) in [5.41, 5.74) is 2.57. The Morgan fingerprint density at radius 1 is 0.933 bits per heavy atom. The molecule has 30 heavy (non-hydrogen) atoms. The molecule has 0 saturated heterocycles. The zero-order valence-electron chi connectivity index (χ0n) is 16.5. The van der Waals surface area contributed by atoms with Gasteiger partial charge in [0, 0.05) is 0 Å². The molecule has 1 aromatic heterocycles. The largest absolute Gasteiger partial charge is 0.496 e. The zero-order chi connectivity index (χ0) is 20.8. The molecule has 1 heterocycles. The third-order valence-corrected chi connectivity index (χ3v) is 4.76. The van der Waals surface area contributed by atoms with Gasteiger partial charge in [-0.25, -0.2) is 0 Å². The van der Waals surface area contributed by atoms with Crippen molar-refractivity contribution in [2.45, 2.75) is 12.5 Å². The number of nitrogens with zero attached hydrogens (tertiary/aromatic N) is 2. The maximum absolute atomic E-state index is 13.1. The van der Waals surface area contributed by atoms with E-state index in [0.29, 0.717) is 17.5 Å². The molecule has 0 atom stereocenters. The molecule has 1 amide bonds. The van der Waals surface area contributed by atoms with E-state index in [9.17, 15) is 4.79 Å². The quantitative estimate of drug-likeness (QED) is 0.504. The standard InChI is InChI=1S/C24H21N3O3/c1-29-20-15-9-8-14-19(20)23-26-21(30-27-23)16-25-24(28)22(17-10-4-2-5-11-17)18-12-6-3-7-13-18/h2-15,22H,16H2,1H3,(H,25,28). The molecule has 0 spiro atoms. The minimum Gasteiger partial charge on any atom is -0.496 e. The lowest BCUT2D eigenvalue weighted by atomic mass is 9.90. The Balaban J connectivity index is 1.51. The number of rotatable bonds is 7. The van der Waals surface area contributed by atoms with Crippen molar-refractivity contribution in [2.24, 2.45) is 0 Å². The third-order valence-electron chi connectivity index (χ3n) is 4.76. The predicted molar refractivity (Wildman–Crippen MR) is 113 cm³/mol. The summed E-state index contributed by atoms with van der Waals surface area (Å²) in [5.74, 6) is 0.832. The van der Waals surface area contributed by atoms with Crippen molar-refractivity contribution >= 4 is 5.91 Å². The molecule has 0 bridgehead atoms. The topological polar surface area (TPSA) is 77.3 Å². The lowest BCUT2D eigenvalue weighted by Crippen LogP contribution is -2.29. The van der Waals surface area contributed by atoms with Gasteiger partial charge in [-0.1, -0.05) is 78.0 Å². The molecule has 0 aliphatic rings. The van der Waals surface area contributed by atoms with E-state index < -0.39 is 5.92 Å². The number of carbonyl (C=O) groups is 1. The van der Waals surface area contributed by atoms with Crippen molar-refractivity contribution in [3.8, 4) is 17.1 Å². The van der Waals surface area contributed by atoms with Crippen molar-refractivity contribution in [1.29, 1.82) is 0 Å². The number of nitrogens with one attached hydrogen (secondary N) is 1. The van der Waals surface area contributed by atoms with E-state index in [0.717, 1.165) is 16.7 Å². The second kappa shape index (κ2) is 9.05. The van der Waals surface area contributed by atoms with E-state index in [2.05, 4.69) is 15.5 Å². The summed E-state index contributed by atoms with van der Waals surface area (Å²) < 4.78 is 10.7. The van der Waals surface area contributed by atoms with Crippen LogP contribution in [0.3, 0.4) is 0 Å². The van der Waals surface area contributed by atoms with E-state index in [-0.39, 0.29) is 12.5 Å². The van der Waals surface area contributed by atoms with Crippen molar-refractivity contribution in [3.05, 3.63) is 102 Å². The highest BCUT2D eigenvalue weighted by molar-refractivity contribution is 5.87. The van der Waals surface area contributed by atoms with Crippen LogP contribution in [0.1, 0.15) is 22.9 Å². The normalized spacial score (nSPS) is 10.7. The molecule has 0 radical (unpaired) electrons. The number of amides is 1. The molecule has 4 aromatic rings. The number of hydrogen-bond acceptors (Lipinski definition) is 5. The van der Waals surface area contributed by atoms with Crippen LogP contribution in [0.5, 0.6) is 5.75 Å². The van der Waals surface area contributed by atoms with Gasteiger partial charge < -0.3 is 14.6 Å². The number of methoxy groups -OCH3 is 1. The van der Waals surface area contributed by atoms with Gasteiger partial charge in [0.05, 0.1) is 25.1 Å².